The number of piperidine rings is 1. The second kappa shape index (κ2) is 8.17. The molecule has 31 heavy (non-hydrogen) atoms. The number of likely N-dealkylation sites (N-methyl/N-ethyl adjacent to an activating group) is 1. The number of carbonyl (C=O) groups is 1. The summed E-state index contributed by atoms with van der Waals surface area (Å²) in [7, 11) is 0.945. The molecule has 1 aromatic carbocycles. The summed E-state index contributed by atoms with van der Waals surface area (Å²) in [6.45, 7) is -2.07. The molecule has 1 aliphatic rings. The Kier molecular flexibility index (Phi) is 6.09. The second-order valence-electron chi connectivity index (χ2n) is 7.48. The van der Waals surface area contributed by atoms with Crippen molar-refractivity contribution < 1.29 is 35.5 Å². The molecule has 172 valence electrons. The maximum absolute atomic E-state index is 13.8. The highest BCUT2D eigenvalue weighted by molar-refractivity contribution is 5.84. The lowest BCUT2D eigenvalue weighted by atomic mass is 10.1. The number of hydrogen-bond acceptors (Lipinski definition) is 4. The van der Waals surface area contributed by atoms with Crippen LogP contribution >= 0.6 is 0 Å². The van der Waals surface area contributed by atoms with Gasteiger partial charge in [-0.05, 0) is 24.6 Å². The topological polar surface area (TPSA) is 67.4 Å². The zero-order valence-electron chi connectivity index (χ0n) is 16.3. The van der Waals surface area contributed by atoms with Crippen molar-refractivity contribution in [3.63, 3.8) is 0 Å². The number of rotatable bonds is 4. The molecule has 2 aromatic rings. The first-order chi connectivity index (χ1) is 14.3. The van der Waals surface area contributed by atoms with Crippen LogP contribution in [0.3, 0.4) is 0 Å². The van der Waals surface area contributed by atoms with Gasteiger partial charge < -0.3 is 20.1 Å². The van der Waals surface area contributed by atoms with Gasteiger partial charge in [-0.25, -0.2) is 9.37 Å². The molecule has 6 nitrogen and oxygen atoms in total. The average Bonchev–Trinajstić information content (AvgIpc) is 2.99. The van der Waals surface area contributed by atoms with E-state index in [0.29, 0.717) is 4.90 Å². The Morgan fingerprint density at radius 1 is 1.26 bits per heavy atom. The lowest BCUT2D eigenvalue weighted by Crippen LogP contribution is -2.50. The molecule has 3 rings (SSSR count). The fourth-order valence-corrected chi connectivity index (χ4v) is 3.43. The van der Waals surface area contributed by atoms with E-state index in [1.165, 1.54) is 4.90 Å². The third-order valence-corrected chi connectivity index (χ3v) is 5.04. The molecule has 1 aliphatic heterocycles. The number of amides is 1. The Morgan fingerprint density at radius 3 is 2.52 bits per heavy atom. The normalized spacial score (nSPS) is 20.4. The molecule has 0 aliphatic carbocycles. The van der Waals surface area contributed by atoms with Crippen LogP contribution in [-0.4, -0.2) is 65.4 Å². The minimum Gasteiger partial charge on any atom is -0.340 e. The zero-order valence-corrected chi connectivity index (χ0v) is 16.3. The molecule has 0 bridgehead atoms. The molecule has 1 saturated heterocycles. The molecular formula is C18H20F7N5O. The Hall–Kier alpha value is -2.57. The van der Waals surface area contributed by atoms with Crippen molar-refractivity contribution in [2.45, 2.75) is 37.5 Å². The van der Waals surface area contributed by atoms with Crippen molar-refractivity contribution in [3.8, 4) is 0 Å². The van der Waals surface area contributed by atoms with Crippen molar-refractivity contribution in [3.05, 3.63) is 23.8 Å². The van der Waals surface area contributed by atoms with E-state index in [1.54, 1.807) is 0 Å². The van der Waals surface area contributed by atoms with Crippen LogP contribution in [0, 0.1) is 0 Å². The van der Waals surface area contributed by atoms with E-state index < -0.39 is 49.1 Å². The van der Waals surface area contributed by atoms with Gasteiger partial charge in [0.1, 0.15) is 19.3 Å². The number of carbonyl (C=O) groups excluding carboxylic acids is 1. The van der Waals surface area contributed by atoms with Crippen LogP contribution in [0.2, 0.25) is 0 Å². The maximum atomic E-state index is 13.8. The van der Waals surface area contributed by atoms with Gasteiger partial charge in [-0.1, -0.05) is 0 Å². The smallest absolute Gasteiger partial charge is 0.340 e. The van der Waals surface area contributed by atoms with Gasteiger partial charge in [0.2, 0.25) is 11.9 Å². The molecule has 1 fully saturated rings. The second-order valence-corrected chi connectivity index (χ2v) is 7.48. The highest BCUT2D eigenvalue weighted by atomic mass is 19.4. The van der Waals surface area contributed by atoms with Crippen molar-refractivity contribution in [1.82, 2.24) is 14.5 Å². The predicted octanol–water partition coefficient (Wildman–Crippen LogP) is 2.95. The van der Waals surface area contributed by atoms with Crippen LogP contribution in [0.15, 0.2) is 18.2 Å². The fourth-order valence-electron chi connectivity index (χ4n) is 3.43. The van der Waals surface area contributed by atoms with Crippen LogP contribution in [0.25, 0.3) is 11.0 Å². The maximum Gasteiger partial charge on any atom is 0.416 e. The summed E-state index contributed by atoms with van der Waals surface area (Å²) in [6, 6.07) is 1.84. The van der Waals surface area contributed by atoms with Crippen LogP contribution in [-0.2, 0) is 17.5 Å². The highest BCUT2D eigenvalue weighted by Gasteiger charge is 2.34. The third kappa shape index (κ3) is 5.20. The number of fused-ring (bicyclic) bond motifs is 1. The molecule has 0 saturated carbocycles. The number of alkyl halides is 7. The summed E-state index contributed by atoms with van der Waals surface area (Å²) in [5.74, 6) is -0.926. The van der Waals surface area contributed by atoms with Crippen molar-refractivity contribution in [1.29, 1.82) is 0 Å². The summed E-state index contributed by atoms with van der Waals surface area (Å²) in [6.07, 6.45) is -10.5. The van der Waals surface area contributed by atoms with Gasteiger partial charge in [0.15, 0.2) is 0 Å². The summed E-state index contributed by atoms with van der Waals surface area (Å²) in [5, 5.41) is 0. The average molecular weight is 455 g/mol. The SMILES string of the molecule is CN(CC(F)(F)F)C(=O)Cn1c(N2CC[C@@H](F)[C@H](N)C2)nc2ccc(C(F)(F)F)cc21. The largest absolute Gasteiger partial charge is 0.416 e. The summed E-state index contributed by atoms with van der Waals surface area (Å²) in [5.41, 5.74) is 4.79. The summed E-state index contributed by atoms with van der Waals surface area (Å²) >= 11 is 0. The number of nitrogens with two attached hydrogens (primary N) is 1. The third-order valence-electron chi connectivity index (χ3n) is 5.04. The minimum atomic E-state index is -4.67. The van der Waals surface area contributed by atoms with Gasteiger partial charge in [0.25, 0.3) is 0 Å². The molecule has 2 atom stereocenters. The lowest BCUT2D eigenvalue weighted by Gasteiger charge is -2.34. The Labute approximate surface area is 172 Å². The van der Waals surface area contributed by atoms with Gasteiger partial charge in [-0.3, -0.25) is 4.79 Å². The molecule has 2 N–H and O–H groups in total. The van der Waals surface area contributed by atoms with E-state index in [1.807, 2.05) is 0 Å². The number of anilines is 1. The summed E-state index contributed by atoms with van der Waals surface area (Å²) in [4.78, 5) is 18.6. The number of imidazole rings is 1. The number of hydrogen-bond donors (Lipinski definition) is 1. The zero-order chi connectivity index (χ0) is 23.1. The minimum absolute atomic E-state index is 0.0107. The first kappa shape index (κ1) is 23.1. The van der Waals surface area contributed by atoms with Crippen LogP contribution in [0.1, 0.15) is 12.0 Å². The van der Waals surface area contributed by atoms with Crippen LogP contribution in [0.4, 0.5) is 36.7 Å². The van der Waals surface area contributed by atoms with E-state index in [2.05, 4.69) is 4.98 Å². The van der Waals surface area contributed by atoms with Crippen molar-refractivity contribution in [2.75, 3.05) is 31.6 Å². The molecular weight excluding hydrogens is 435 g/mol. The molecule has 0 radical (unpaired) electrons. The van der Waals surface area contributed by atoms with E-state index >= 15 is 0 Å². The van der Waals surface area contributed by atoms with E-state index in [9.17, 15) is 35.5 Å². The fraction of sp³-hybridized carbons (Fsp3) is 0.556. The van der Waals surface area contributed by atoms with E-state index in [0.717, 1.165) is 29.8 Å². The first-order valence-electron chi connectivity index (χ1n) is 9.29. The van der Waals surface area contributed by atoms with Crippen LogP contribution < -0.4 is 10.6 Å². The quantitative estimate of drug-likeness (QED) is 0.721. The number of aromatic nitrogens is 2. The molecule has 1 aromatic heterocycles. The van der Waals surface area contributed by atoms with Gasteiger partial charge in [-0.15, -0.1) is 0 Å². The van der Waals surface area contributed by atoms with Crippen LogP contribution in [0.5, 0.6) is 0 Å². The Balaban J connectivity index is 2.03. The van der Waals surface area contributed by atoms with Gasteiger partial charge in [-0.2, -0.15) is 26.3 Å². The monoisotopic (exact) mass is 455 g/mol. The molecule has 1 amide bonds. The number of nitrogens with zero attached hydrogens (tertiary/aromatic N) is 4. The predicted molar refractivity (Wildman–Crippen MR) is 98.1 cm³/mol. The van der Waals surface area contributed by atoms with Gasteiger partial charge in [0.05, 0.1) is 22.6 Å². The van der Waals surface area contributed by atoms with Crippen molar-refractivity contribution in [2.24, 2.45) is 5.73 Å². The highest BCUT2D eigenvalue weighted by Crippen LogP contribution is 2.33. The van der Waals surface area contributed by atoms with Gasteiger partial charge >= 0.3 is 12.4 Å². The number of benzene rings is 1. The first-order valence-corrected chi connectivity index (χ1v) is 9.29. The van der Waals surface area contributed by atoms with Gasteiger partial charge in [0, 0.05) is 20.1 Å². The standard InChI is InChI=1S/C18H20F7N5O/c1-28(9-17(20,21)22)15(31)8-30-14-6-10(18(23,24)25)2-3-13(14)27-16(30)29-5-4-11(19)12(26)7-29/h2-3,6,11-12H,4-5,7-9,26H2,1H3/t11-,12-/m1/s1. The Morgan fingerprint density at radius 2 is 1.94 bits per heavy atom. The molecule has 2 heterocycles. The molecule has 0 spiro atoms. The van der Waals surface area contributed by atoms with E-state index in [-0.39, 0.29) is 36.5 Å². The lowest BCUT2D eigenvalue weighted by molar-refractivity contribution is -0.158. The van der Waals surface area contributed by atoms with E-state index in [4.69, 9.17) is 5.73 Å². The Bertz CT molecular complexity index is 955. The summed E-state index contributed by atoms with van der Waals surface area (Å²) < 4.78 is 92.3. The molecule has 0 unspecified atom stereocenters. The molecule has 13 heteroatoms. The number of halogens is 7. The van der Waals surface area contributed by atoms with Crippen molar-refractivity contribution >= 4 is 22.9 Å².